The van der Waals surface area contributed by atoms with Crippen molar-refractivity contribution in [2.24, 2.45) is 4.99 Å². The lowest BCUT2D eigenvalue weighted by molar-refractivity contribution is -0.120. The fraction of sp³-hybridized carbons (Fsp3) is 0.647. The second-order valence-corrected chi connectivity index (χ2v) is 7.16. The number of rotatable bonds is 6. The fourth-order valence-electron chi connectivity index (χ4n) is 2.79. The summed E-state index contributed by atoms with van der Waals surface area (Å²) < 4.78 is 0. The van der Waals surface area contributed by atoms with E-state index >= 15 is 0 Å². The molecule has 1 aliphatic rings. The van der Waals surface area contributed by atoms with Crippen molar-refractivity contribution in [3.63, 3.8) is 0 Å². The molecule has 136 valence electrons. The highest BCUT2D eigenvalue weighted by molar-refractivity contribution is 14.0. The molecule has 0 unspecified atom stereocenters. The minimum absolute atomic E-state index is 0. The number of aryl methyl sites for hydroxylation is 1. The van der Waals surface area contributed by atoms with Crippen LogP contribution in [0, 0.1) is 0 Å². The summed E-state index contributed by atoms with van der Waals surface area (Å²) in [7, 11) is 1.72. The van der Waals surface area contributed by atoms with Crippen LogP contribution in [0.3, 0.4) is 0 Å². The minimum Gasteiger partial charge on any atom is -0.352 e. The lowest BCUT2D eigenvalue weighted by Gasteiger charge is -2.23. The summed E-state index contributed by atoms with van der Waals surface area (Å²) in [4.78, 5) is 18.8. The molecular weight excluding hydrogens is 435 g/mol. The standard InChI is InChI=1S/C17H28N4OS.HI/c1-3-14-9-10-15(23-14)11-19-17(18-2)20-12-16(22)21-13-7-5-4-6-8-13;/h9-10,13H,3-8,11-12H2,1-2H3,(H,21,22)(H2,18,19,20);1H. The molecule has 1 aromatic heterocycles. The van der Waals surface area contributed by atoms with Crippen LogP contribution in [0.4, 0.5) is 0 Å². The van der Waals surface area contributed by atoms with Crippen molar-refractivity contribution < 1.29 is 4.79 Å². The van der Waals surface area contributed by atoms with Gasteiger partial charge in [0.2, 0.25) is 5.91 Å². The largest absolute Gasteiger partial charge is 0.352 e. The molecule has 3 N–H and O–H groups in total. The number of hydrogen-bond acceptors (Lipinski definition) is 3. The van der Waals surface area contributed by atoms with Gasteiger partial charge in [-0.2, -0.15) is 0 Å². The van der Waals surface area contributed by atoms with Crippen molar-refractivity contribution in [2.75, 3.05) is 13.6 Å². The topological polar surface area (TPSA) is 65.5 Å². The molecule has 0 aliphatic heterocycles. The third-order valence-electron chi connectivity index (χ3n) is 4.11. The van der Waals surface area contributed by atoms with Gasteiger partial charge in [-0.25, -0.2) is 0 Å². The molecule has 1 aromatic rings. The normalized spacial score (nSPS) is 15.5. The zero-order valence-corrected chi connectivity index (χ0v) is 17.7. The van der Waals surface area contributed by atoms with Gasteiger partial charge in [0.25, 0.3) is 0 Å². The number of nitrogens with one attached hydrogen (secondary N) is 3. The molecule has 0 saturated heterocycles. The van der Waals surface area contributed by atoms with Gasteiger partial charge in [0.1, 0.15) is 0 Å². The first kappa shape index (κ1) is 21.2. The average Bonchev–Trinajstić information content (AvgIpc) is 3.04. The second kappa shape index (κ2) is 11.7. The summed E-state index contributed by atoms with van der Waals surface area (Å²) in [5.74, 6) is 0.708. The predicted molar refractivity (Wildman–Crippen MR) is 112 cm³/mol. The molecule has 0 atom stereocenters. The summed E-state index contributed by atoms with van der Waals surface area (Å²) in [5.41, 5.74) is 0. The number of carbonyl (C=O) groups is 1. The van der Waals surface area contributed by atoms with E-state index in [1.165, 1.54) is 29.0 Å². The Bertz CT molecular complexity index is 526. The number of thiophene rings is 1. The smallest absolute Gasteiger partial charge is 0.239 e. The molecule has 0 bridgehead atoms. The number of carbonyl (C=O) groups excluding carboxylic acids is 1. The highest BCUT2D eigenvalue weighted by Crippen LogP contribution is 2.17. The van der Waals surface area contributed by atoms with E-state index < -0.39 is 0 Å². The molecule has 1 aliphatic carbocycles. The Hall–Kier alpha value is -0.830. The molecule has 7 heteroatoms. The summed E-state index contributed by atoms with van der Waals surface area (Å²) in [6.45, 7) is 3.16. The van der Waals surface area contributed by atoms with E-state index in [9.17, 15) is 4.79 Å². The second-order valence-electron chi connectivity index (χ2n) is 5.90. The van der Waals surface area contributed by atoms with E-state index in [-0.39, 0.29) is 36.4 Å². The molecule has 1 saturated carbocycles. The van der Waals surface area contributed by atoms with Crippen LogP contribution in [0.2, 0.25) is 0 Å². The van der Waals surface area contributed by atoms with E-state index in [0.29, 0.717) is 12.0 Å². The van der Waals surface area contributed by atoms with Crippen LogP contribution in [-0.4, -0.2) is 31.5 Å². The Kier molecular flexibility index (Phi) is 10.3. The molecule has 2 rings (SSSR count). The summed E-state index contributed by atoms with van der Waals surface area (Å²) in [5, 5.41) is 9.43. The molecule has 5 nitrogen and oxygen atoms in total. The van der Waals surface area contributed by atoms with Gasteiger partial charge < -0.3 is 16.0 Å². The highest BCUT2D eigenvalue weighted by atomic mass is 127. The van der Waals surface area contributed by atoms with Gasteiger partial charge in [-0.05, 0) is 31.4 Å². The van der Waals surface area contributed by atoms with Crippen molar-refractivity contribution in [3.05, 3.63) is 21.9 Å². The predicted octanol–water partition coefficient (Wildman–Crippen LogP) is 3.04. The Balaban J connectivity index is 0.00000288. The van der Waals surface area contributed by atoms with Crippen LogP contribution < -0.4 is 16.0 Å². The van der Waals surface area contributed by atoms with Gasteiger partial charge in [-0.15, -0.1) is 35.3 Å². The first-order valence-electron chi connectivity index (χ1n) is 8.52. The van der Waals surface area contributed by atoms with E-state index in [1.54, 1.807) is 7.05 Å². The Morgan fingerprint density at radius 1 is 1.21 bits per heavy atom. The van der Waals surface area contributed by atoms with E-state index in [4.69, 9.17) is 0 Å². The zero-order chi connectivity index (χ0) is 16.5. The molecule has 24 heavy (non-hydrogen) atoms. The van der Waals surface area contributed by atoms with Crippen molar-refractivity contribution in [3.8, 4) is 0 Å². The highest BCUT2D eigenvalue weighted by Gasteiger charge is 2.15. The zero-order valence-electron chi connectivity index (χ0n) is 14.6. The average molecular weight is 464 g/mol. The minimum atomic E-state index is 0. The van der Waals surface area contributed by atoms with E-state index in [2.05, 4.69) is 40.0 Å². The number of nitrogens with zero attached hydrogens (tertiary/aromatic N) is 1. The number of amides is 1. The van der Waals surface area contributed by atoms with Crippen LogP contribution in [-0.2, 0) is 17.8 Å². The SMILES string of the molecule is CCc1ccc(CNC(=NC)NCC(=O)NC2CCCCC2)s1.I. The van der Waals surface area contributed by atoms with E-state index in [0.717, 1.165) is 25.8 Å². The van der Waals surface area contributed by atoms with Crippen molar-refractivity contribution in [1.29, 1.82) is 0 Å². The molecule has 1 fully saturated rings. The molecular formula is C17H29IN4OS. The molecule has 0 spiro atoms. The van der Waals surface area contributed by atoms with Gasteiger partial charge in [0.05, 0.1) is 13.1 Å². The Morgan fingerprint density at radius 3 is 2.54 bits per heavy atom. The number of hydrogen-bond donors (Lipinski definition) is 3. The monoisotopic (exact) mass is 464 g/mol. The number of aliphatic imine (C=N–C) groups is 1. The Morgan fingerprint density at radius 2 is 1.92 bits per heavy atom. The number of halogens is 1. The summed E-state index contributed by atoms with van der Waals surface area (Å²) in [6, 6.07) is 4.65. The third-order valence-corrected chi connectivity index (χ3v) is 5.34. The molecule has 1 heterocycles. The van der Waals surface area contributed by atoms with Crippen molar-refractivity contribution in [2.45, 2.75) is 58.0 Å². The van der Waals surface area contributed by atoms with Gasteiger partial charge in [0.15, 0.2) is 5.96 Å². The quantitative estimate of drug-likeness (QED) is 0.345. The Labute approximate surface area is 166 Å². The van der Waals surface area contributed by atoms with Gasteiger partial charge >= 0.3 is 0 Å². The van der Waals surface area contributed by atoms with Crippen LogP contribution in [0.1, 0.15) is 48.8 Å². The maximum Gasteiger partial charge on any atom is 0.239 e. The van der Waals surface area contributed by atoms with Crippen LogP contribution in [0.25, 0.3) is 0 Å². The fourth-order valence-corrected chi connectivity index (χ4v) is 3.69. The first-order chi connectivity index (χ1) is 11.2. The van der Waals surface area contributed by atoms with E-state index in [1.807, 2.05) is 11.3 Å². The van der Waals surface area contributed by atoms with Gasteiger partial charge in [0, 0.05) is 22.8 Å². The summed E-state index contributed by atoms with van der Waals surface area (Å²) >= 11 is 1.81. The van der Waals surface area contributed by atoms with Crippen molar-refractivity contribution in [1.82, 2.24) is 16.0 Å². The lowest BCUT2D eigenvalue weighted by Crippen LogP contribution is -2.45. The van der Waals surface area contributed by atoms with Crippen LogP contribution in [0.15, 0.2) is 17.1 Å². The molecule has 1 amide bonds. The summed E-state index contributed by atoms with van der Waals surface area (Å²) in [6.07, 6.45) is 7.03. The lowest BCUT2D eigenvalue weighted by atomic mass is 9.95. The molecule has 0 aromatic carbocycles. The van der Waals surface area contributed by atoms with Crippen LogP contribution in [0.5, 0.6) is 0 Å². The maximum atomic E-state index is 12.0. The van der Waals surface area contributed by atoms with Gasteiger partial charge in [-0.1, -0.05) is 26.2 Å². The van der Waals surface area contributed by atoms with Gasteiger partial charge in [-0.3, -0.25) is 9.79 Å². The number of guanidine groups is 1. The van der Waals surface area contributed by atoms with Crippen LogP contribution >= 0.6 is 35.3 Å². The third kappa shape index (κ3) is 7.38. The molecule has 0 radical (unpaired) electrons. The first-order valence-corrected chi connectivity index (χ1v) is 9.34. The maximum absolute atomic E-state index is 12.0. The van der Waals surface area contributed by atoms with Crippen molar-refractivity contribution >= 4 is 47.2 Å².